The largest absolute Gasteiger partial charge is 0.433 e. The molecule has 1 heterocycles. The number of hydrogen-bond donors (Lipinski definition) is 1. The van der Waals surface area contributed by atoms with Crippen LogP contribution in [0.3, 0.4) is 0 Å². The van der Waals surface area contributed by atoms with Crippen LogP contribution in [0.1, 0.15) is 19.0 Å². The standard InChI is InChI=1S/C10H14F3N3S/c1-3-7(6-17-2)15-9-14-5-4-8(16-9)10(11,12)13/h4-5,7H,3,6H2,1-2H3,(H,14,15,16). The molecule has 0 aliphatic heterocycles. The number of thioether (sulfide) groups is 1. The second-order valence-corrected chi connectivity index (χ2v) is 4.38. The van der Waals surface area contributed by atoms with Crippen molar-refractivity contribution in [2.45, 2.75) is 25.6 Å². The van der Waals surface area contributed by atoms with Crippen LogP contribution in [0.25, 0.3) is 0 Å². The molecule has 1 aromatic rings. The van der Waals surface area contributed by atoms with Gasteiger partial charge in [0.1, 0.15) is 5.69 Å². The first-order chi connectivity index (χ1) is 7.97. The van der Waals surface area contributed by atoms with Crippen LogP contribution in [0.5, 0.6) is 0 Å². The van der Waals surface area contributed by atoms with Gasteiger partial charge in [-0.15, -0.1) is 0 Å². The molecule has 0 saturated heterocycles. The average Bonchev–Trinajstić information content (AvgIpc) is 2.28. The summed E-state index contributed by atoms with van der Waals surface area (Å²) in [5, 5.41) is 2.90. The number of hydrogen-bond acceptors (Lipinski definition) is 4. The second kappa shape index (κ2) is 6.09. The molecule has 3 nitrogen and oxygen atoms in total. The highest BCUT2D eigenvalue weighted by Gasteiger charge is 2.32. The van der Waals surface area contributed by atoms with Gasteiger partial charge in [0.05, 0.1) is 0 Å². The number of halogens is 3. The molecule has 7 heteroatoms. The number of anilines is 1. The molecule has 17 heavy (non-hydrogen) atoms. The van der Waals surface area contributed by atoms with E-state index >= 15 is 0 Å². The van der Waals surface area contributed by atoms with Crippen LogP contribution < -0.4 is 5.32 Å². The summed E-state index contributed by atoms with van der Waals surface area (Å²) in [6.45, 7) is 1.96. The molecule has 1 unspecified atom stereocenters. The van der Waals surface area contributed by atoms with Crippen LogP contribution >= 0.6 is 11.8 Å². The van der Waals surface area contributed by atoms with E-state index in [9.17, 15) is 13.2 Å². The summed E-state index contributed by atoms with van der Waals surface area (Å²) >= 11 is 1.62. The van der Waals surface area contributed by atoms with Crippen molar-refractivity contribution in [3.05, 3.63) is 18.0 Å². The van der Waals surface area contributed by atoms with E-state index in [2.05, 4.69) is 15.3 Å². The van der Waals surface area contributed by atoms with Crippen molar-refractivity contribution in [3.63, 3.8) is 0 Å². The summed E-state index contributed by atoms with van der Waals surface area (Å²) < 4.78 is 37.2. The van der Waals surface area contributed by atoms with Gasteiger partial charge in [0.25, 0.3) is 0 Å². The second-order valence-electron chi connectivity index (χ2n) is 3.47. The molecule has 1 atom stereocenters. The summed E-state index contributed by atoms with van der Waals surface area (Å²) in [5.74, 6) is 0.830. The van der Waals surface area contributed by atoms with E-state index < -0.39 is 11.9 Å². The maximum Gasteiger partial charge on any atom is 0.433 e. The van der Waals surface area contributed by atoms with Gasteiger partial charge in [0, 0.05) is 18.0 Å². The van der Waals surface area contributed by atoms with Crippen LogP contribution in [0.15, 0.2) is 12.3 Å². The summed E-state index contributed by atoms with van der Waals surface area (Å²) in [7, 11) is 0. The molecule has 0 radical (unpaired) electrons. The first-order valence-corrected chi connectivity index (χ1v) is 6.52. The average molecular weight is 265 g/mol. The van der Waals surface area contributed by atoms with Crippen LogP contribution in [-0.2, 0) is 6.18 Å². The fourth-order valence-corrected chi connectivity index (χ4v) is 1.95. The van der Waals surface area contributed by atoms with Crippen molar-refractivity contribution in [2.75, 3.05) is 17.3 Å². The summed E-state index contributed by atoms with van der Waals surface area (Å²) in [6, 6.07) is 0.939. The van der Waals surface area contributed by atoms with Gasteiger partial charge in [-0.1, -0.05) is 6.92 Å². The van der Waals surface area contributed by atoms with Crippen LogP contribution in [0.4, 0.5) is 19.1 Å². The third-order valence-corrected chi connectivity index (χ3v) is 2.88. The predicted molar refractivity (Wildman–Crippen MR) is 63.1 cm³/mol. The molecule has 0 amide bonds. The molecule has 0 aromatic carbocycles. The molecule has 1 rings (SSSR count). The van der Waals surface area contributed by atoms with Gasteiger partial charge in [-0.3, -0.25) is 0 Å². The Kier molecular flexibility index (Phi) is 5.04. The zero-order valence-electron chi connectivity index (χ0n) is 9.58. The molecular weight excluding hydrogens is 251 g/mol. The highest BCUT2D eigenvalue weighted by atomic mass is 32.2. The maximum absolute atomic E-state index is 12.4. The molecule has 96 valence electrons. The van der Waals surface area contributed by atoms with E-state index in [1.165, 1.54) is 0 Å². The Morgan fingerprint density at radius 2 is 2.18 bits per heavy atom. The number of nitrogens with zero attached hydrogens (tertiary/aromatic N) is 2. The van der Waals surface area contributed by atoms with Crippen LogP contribution in [-0.4, -0.2) is 28.0 Å². The van der Waals surface area contributed by atoms with E-state index in [-0.39, 0.29) is 12.0 Å². The Morgan fingerprint density at radius 3 is 2.71 bits per heavy atom. The minimum Gasteiger partial charge on any atom is -0.351 e. The number of alkyl halides is 3. The van der Waals surface area contributed by atoms with Crippen molar-refractivity contribution in [1.29, 1.82) is 0 Å². The Balaban J connectivity index is 2.78. The monoisotopic (exact) mass is 265 g/mol. The Morgan fingerprint density at radius 1 is 1.47 bits per heavy atom. The first kappa shape index (κ1) is 14.1. The van der Waals surface area contributed by atoms with Gasteiger partial charge in [0.15, 0.2) is 0 Å². The van der Waals surface area contributed by atoms with Gasteiger partial charge < -0.3 is 5.32 Å². The predicted octanol–water partition coefficient (Wildman–Crippen LogP) is 3.05. The molecule has 0 spiro atoms. The topological polar surface area (TPSA) is 37.8 Å². The van der Waals surface area contributed by atoms with Gasteiger partial charge in [0.2, 0.25) is 5.95 Å². The lowest BCUT2D eigenvalue weighted by Gasteiger charge is -2.16. The fourth-order valence-electron chi connectivity index (χ4n) is 1.23. The molecule has 0 saturated carbocycles. The van der Waals surface area contributed by atoms with Crippen LogP contribution in [0, 0.1) is 0 Å². The molecule has 1 N–H and O–H groups in total. The summed E-state index contributed by atoms with van der Waals surface area (Å²) in [4.78, 5) is 7.25. The normalized spacial score (nSPS) is 13.5. The molecule has 0 bridgehead atoms. The first-order valence-electron chi connectivity index (χ1n) is 5.13. The van der Waals surface area contributed by atoms with E-state index in [0.29, 0.717) is 0 Å². The van der Waals surface area contributed by atoms with Crippen molar-refractivity contribution in [1.82, 2.24) is 9.97 Å². The SMILES string of the molecule is CCC(CSC)Nc1nccc(C(F)(F)F)n1. The maximum atomic E-state index is 12.4. The van der Waals surface area contributed by atoms with Gasteiger partial charge in [-0.2, -0.15) is 24.9 Å². The lowest BCUT2D eigenvalue weighted by atomic mass is 10.3. The van der Waals surface area contributed by atoms with Crippen molar-refractivity contribution < 1.29 is 13.2 Å². The van der Waals surface area contributed by atoms with Crippen LogP contribution in [0.2, 0.25) is 0 Å². The molecule has 0 aliphatic carbocycles. The highest BCUT2D eigenvalue weighted by Crippen LogP contribution is 2.27. The number of rotatable bonds is 5. The minimum atomic E-state index is -4.43. The van der Waals surface area contributed by atoms with Gasteiger partial charge in [-0.05, 0) is 18.7 Å². The lowest BCUT2D eigenvalue weighted by molar-refractivity contribution is -0.141. The molecule has 0 fully saturated rings. The quantitative estimate of drug-likeness (QED) is 0.888. The summed E-state index contributed by atoms with van der Waals surface area (Å²) in [5.41, 5.74) is -0.922. The van der Waals surface area contributed by atoms with Crippen molar-refractivity contribution in [2.24, 2.45) is 0 Å². The van der Waals surface area contributed by atoms with E-state index in [1.54, 1.807) is 11.8 Å². The number of nitrogens with one attached hydrogen (secondary N) is 1. The zero-order valence-corrected chi connectivity index (χ0v) is 10.4. The third-order valence-electron chi connectivity index (χ3n) is 2.14. The van der Waals surface area contributed by atoms with Crippen molar-refractivity contribution in [3.8, 4) is 0 Å². The number of aromatic nitrogens is 2. The van der Waals surface area contributed by atoms with Gasteiger partial charge >= 0.3 is 6.18 Å². The van der Waals surface area contributed by atoms with Crippen molar-refractivity contribution >= 4 is 17.7 Å². The lowest BCUT2D eigenvalue weighted by Crippen LogP contribution is -2.23. The Bertz CT molecular complexity index is 357. The Labute approximate surface area is 102 Å². The van der Waals surface area contributed by atoms with Gasteiger partial charge in [-0.25, -0.2) is 9.97 Å². The summed E-state index contributed by atoms with van der Waals surface area (Å²) in [6.07, 6.45) is -0.567. The zero-order chi connectivity index (χ0) is 12.9. The molecule has 0 aliphatic rings. The molecule has 1 aromatic heterocycles. The fraction of sp³-hybridized carbons (Fsp3) is 0.600. The van der Waals surface area contributed by atoms with E-state index in [1.807, 2.05) is 13.2 Å². The third kappa shape index (κ3) is 4.41. The van der Waals surface area contributed by atoms with E-state index in [4.69, 9.17) is 0 Å². The van der Waals surface area contributed by atoms with E-state index in [0.717, 1.165) is 24.4 Å². The Hall–Kier alpha value is -0.980. The highest BCUT2D eigenvalue weighted by molar-refractivity contribution is 7.98. The molecular formula is C10H14F3N3S. The minimum absolute atomic E-state index is 0.0284. The smallest absolute Gasteiger partial charge is 0.351 e.